The van der Waals surface area contributed by atoms with E-state index < -0.39 is 0 Å². The number of methoxy groups -OCH3 is 2. The predicted octanol–water partition coefficient (Wildman–Crippen LogP) is 2.73. The van der Waals surface area contributed by atoms with Gasteiger partial charge in [-0.3, -0.25) is 0 Å². The first-order chi connectivity index (χ1) is 10.3. The summed E-state index contributed by atoms with van der Waals surface area (Å²) in [6.45, 7) is 0. The number of ether oxygens (including phenoxy) is 2. The largest absolute Gasteiger partial charge is 0.493 e. The number of benzene rings is 1. The number of rotatable bonds is 5. The Labute approximate surface area is 130 Å². The van der Waals surface area contributed by atoms with Crippen molar-refractivity contribution in [2.45, 2.75) is 5.75 Å². The second kappa shape index (κ2) is 5.90. The van der Waals surface area contributed by atoms with Crippen LogP contribution >= 0.6 is 23.1 Å². The van der Waals surface area contributed by atoms with Crippen molar-refractivity contribution in [1.29, 1.82) is 0 Å². The minimum absolute atomic E-state index is 0.677. The standard InChI is InChI=1S/C13H14N4O2S2/c1-18-9-6-4-5-8(11(9)19-2)12-16-17-10(7-20-3)14-15-13(17)21-12/h4-6H,7H2,1-3H3. The summed E-state index contributed by atoms with van der Waals surface area (Å²) in [6.07, 6.45) is 2.03. The number of nitrogens with zero attached hydrogens (tertiary/aromatic N) is 4. The number of aromatic nitrogens is 4. The number of hydrogen-bond acceptors (Lipinski definition) is 7. The zero-order chi connectivity index (χ0) is 14.8. The average molecular weight is 322 g/mol. The zero-order valence-corrected chi connectivity index (χ0v) is 13.5. The van der Waals surface area contributed by atoms with Crippen molar-refractivity contribution in [2.75, 3.05) is 20.5 Å². The van der Waals surface area contributed by atoms with Gasteiger partial charge in [0, 0.05) is 0 Å². The second-order valence-corrected chi connectivity index (χ2v) is 6.01. The molecule has 3 rings (SSSR count). The quantitative estimate of drug-likeness (QED) is 0.720. The molecule has 0 spiro atoms. The molecule has 0 amide bonds. The van der Waals surface area contributed by atoms with Gasteiger partial charge in [0.25, 0.3) is 0 Å². The molecule has 0 fully saturated rings. The molecule has 0 aliphatic heterocycles. The van der Waals surface area contributed by atoms with E-state index in [0.717, 1.165) is 27.1 Å². The SMILES string of the molecule is COc1cccc(-c2nn3c(CSC)nnc3s2)c1OC. The molecule has 0 unspecified atom stereocenters. The van der Waals surface area contributed by atoms with Crippen LogP contribution in [-0.4, -0.2) is 40.3 Å². The summed E-state index contributed by atoms with van der Waals surface area (Å²) in [5.74, 6) is 2.99. The van der Waals surface area contributed by atoms with E-state index in [-0.39, 0.29) is 0 Å². The fourth-order valence-electron chi connectivity index (χ4n) is 2.04. The zero-order valence-electron chi connectivity index (χ0n) is 11.9. The van der Waals surface area contributed by atoms with Crippen LogP contribution in [0, 0.1) is 0 Å². The molecule has 0 atom stereocenters. The van der Waals surface area contributed by atoms with Crippen LogP contribution in [0.2, 0.25) is 0 Å². The maximum absolute atomic E-state index is 5.46. The molecule has 2 aromatic heterocycles. The molecular formula is C13H14N4O2S2. The molecule has 0 bridgehead atoms. The van der Waals surface area contributed by atoms with Crippen molar-refractivity contribution in [3.05, 3.63) is 24.0 Å². The molecule has 0 saturated heterocycles. The lowest BCUT2D eigenvalue weighted by Gasteiger charge is -2.10. The van der Waals surface area contributed by atoms with Gasteiger partial charge in [0.15, 0.2) is 22.3 Å². The van der Waals surface area contributed by atoms with E-state index in [1.165, 1.54) is 11.3 Å². The number of hydrogen-bond donors (Lipinski definition) is 0. The van der Waals surface area contributed by atoms with Crippen LogP contribution in [0.4, 0.5) is 0 Å². The summed E-state index contributed by atoms with van der Waals surface area (Å²) in [6, 6.07) is 5.74. The Morgan fingerprint density at radius 2 is 2.10 bits per heavy atom. The first kappa shape index (κ1) is 14.2. The molecule has 3 aromatic rings. The molecule has 21 heavy (non-hydrogen) atoms. The molecule has 0 saturated carbocycles. The first-order valence-electron chi connectivity index (χ1n) is 6.20. The van der Waals surface area contributed by atoms with Crippen molar-refractivity contribution in [2.24, 2.45) is 0 Å². The summed E-state index contributed by atoms with van der Waals surface area (Å²) >= 11 is 3.17. The molecule has 6 nitrogen and oxygen atoms in total. The highest BCUT2D eigenvalue weighted by molar-refractivity contribution is 7.97. The third-order valence-electron chi connectivity index (χ3n) is 2.96. The lowest BCUT2D eigenvalue weighted by atomic mass is 10.2. The van der Waals surface area contributed by atoms with Crippen molar-refractivity contribution >= 4 is 28.1 Å². The summed E-state index contributed by atoms with van der Waals surface area (Å²) in [7, 11) is 3.25. The van der Waals surface area contributed by atoms with Gasteiger partial charge in [-0.2, -0.15) is 21.4 Å². The Morgan fingerprint density at radius 3 is 2.81 bits per heavy atom. The fraction of sp³-hybridized carbons (Fsp3) is 0.308. The van der Waals surface area contributed by atoms with Crippen LogP contribution in [-0.2, 0) is 5.75 Å². The van der Waals surface area contributed by atoms with Gasteiger partial charge in [0.1, 0.15) is 0 Å². The number of thioether (sulfide) groups is 1. The molecule has 2 heterocycles. The molecule has 110 valence electrons. The number of para-hydroxylation sites is 1. The normalized spacial score (nSPS) is 11.0. The van der Waals surface area contributed by atoms with Crippen LogP contribution in [0.25, 0.3) is 15.5 Å². The Hall–Kier alpha value is -1.80. The van der Waals surface area contributed by atoms with Crippen LogP contribution in [0.15, 0.2) is 18.2 Å². The van der Waals surface area contributed by atoms with Crippen LogP contribution < -0.4 is 9.47 Å². The third-order valence-corrected chi connectivity index (χ3v) is 4.44. The molecule has 0 aliphatic carbocycles. The van der Waals surface area contributed by atoms with Crippen molar-refractivity contribution in [3.8, 4) is 22.1 Å². The molecule has 0 aliphatic rings. The minimum Gasteiger partial charge on any atom is -0.493 e. The van der Waals surface area contributed by atoms with Crippen molar-refractivity contribution < 1.29 is 9.47 Å². The van der Waals surface area contributed by atoms with Gasteiger partial charge in [-0.1, -0.05) is 17.4 Å². The van der Waals surface area contributed by atoms with Gasteiger partial charge in [0.05, 0.1) is 25.5 Å². The highest BCUT2D eigenvalue weighted by atomic mass is 32.2. The molecule has 0 N–H and O–H groups in total. The van der Waals surface area contributed by atoms with Gasteiger partial charge in [-0.25, -0.2) is 0 Å². The fourth-order valence-corrected chi connectivity index (χ4v) is 3.36. The average Bonchev–Trinajstić information content (AvgIpc) is 3.08. The maximum Gasteiger partial charge on any atom is 0.235 e. The van der Waals surface area contributed by atoms with Gasteiger partial charge in [0.2, 0.25) is 4.96 Å². The van der Waals surface area contributed by atoms with E-state index in [0.29, 0.717) is 11.5 Å². The van der Waals surface area contributed by atoms with E-state index >= 15 is 0 Å². The predicted molar refractivity (Wildman–Crippen MR) is 84.4 cm³/mol. The summed E-state index contributed by atoms with van der Waals surface area (Å²) in [5, 5.41) is 13.7. The molecule has 1 aromatic carbocycles. The van der Waals surface area contributed by atoms with Crippen LogP contribution in [0.1, 0.15) is 5.82 Å². The number of fused-ring (bicyclic) bond motifs is 1. The van der Waals surface area contributed by atoms with Gasteiger partial charge >= 0.3 is 0 Å². The van der Waals surface area contributed by atoms with E-state index in [4.69, 9.17) is 9.47 Å². The van der Waals surface area contributed by atoms with E-state index in [1.807, 2.05) is 24.5 Å². The van der Waals surface area contributed by atoms with Crippen LogP contribution in [0.5, 0.6) is 11.5 Å². The van der Waals surface area contributed by atoms with E-state index in [2.05, 4.69) is 15.3 Å². The minimum atomic E-state index is 0.677. The maximum atomic E-state index is 5.46. The Bertz CT molecular complexity index is 769. The Balaban J connectivity index is 2.12. The highest BCUT2D eigenvalue weighted by Crippen LogP contribution is 2.39. The Kier molecular flexibility index (Phi) is 3.98. The van der Waals surface area contributed by atoms with Gasteiger partial charge in [-0.15, -0.1) is 10.2 Å². The third kappa shape index (κ3) is 2.44. The van der Waals surface area contributed by atoms with Gasteiger partial charge < -0.3 is 9.47 Å². The topological polar surface area (TPSA) is 61.5 Å². The van der Waals surface area contributed by atoms with Crippen molar-refractivity contribution in [3.63, 3.8) is 0 Å². The van der Waals surface area contributed by atoms with Crippen molar-refractivity contribution in [1.82, 2.24) is 19.8 Å². The summed E-state index contributed by atoms with van der Waals surface area (Å²) in [4.78, 5) is 0.777. The Morgan fingerprint density at radius 1 is 1.24 bits per heavy atom. The first-order valence-corrected chi connectivity index (χ1v) is 8.41. The monoisotopic (exact) mass is 322 g/mol. The second-order valence-electron chi connectivity index (χ2n) is 4.19. The van der Waals surface area contributed by atoms with E-state index in [1.54, 1.807) is 30.5 Å². The lowest BCUT2D eigenvalue weighted by Crippen LogP contribution is -1.95. The highest BCUT2D eigenvalue weighted by Gasteiger charge is 2.17. The molecule has 0 radical (unpaired) electrons. The smallest absolute Gasteiger partial charge is 0.235 e. The molecule has 8 heteroatoms. The lowest BCUT2D eigenvalue weighted by molar-refractivity contribution is 0.356. The molecular weight excluding hydrogens is 308 g/mol. The van der Waals surface area contributed by atoms with E-state index in [9.17, 15) is 0 Å². The summed E-state index contributed by atoms with van der Waals surface area (Å²) < 4.78 is 12.6. The van der Waals surface area contributed by atoms with Crippen LogP contribution in [0.3, 0.4) is 0 Å². The summed E-state index contributed by atoms with van der Waals surface area (Å²) in [5.41, 5.74) is 0.891. The van der Waals surface area contributed by atoms with Gasteiger partial charge in [-0.05, 0) is 18.4 Å².